The Hall–Kier alpha value is -1.66. The highest BCUT2D eigenvalue weighted by atomic mass is 19.1. The predicted molar refractivity (Wildman–Crippen MR) is 90.3 cm³/mol. The number of nitrogens with zero attached hydrogens (tertiary/aromatic N) is 1. The molecule has 0 bridgehead atoms. The van der Waals surface area contributed by atoms with E-state index >= 15 is 0 Å². The monoisotopic (exact) mass is 339 g/mol. The third kappa shape index (κ3) is 4.05. The third-order valence-electron chi connectivity index (χ3n) is 4.34. The van der Waals surface area contributed by atoms with Gasteiger partial charge in [0.15, 0.2) is 12.6 Å². The Bertz CT molecular complexity index is 538. The average Bonchev–Trinajstić information content (AvgIpc) is 3.18. The van der Waals surface area contributed by atoms with Crippen molar-refractivity contribution in [1.82, 2.24) is 0 Å². The normalized spacial score (nSPS) is 18.9. The largest absolute Gasteiger partial charge is 0.496 e. The second-order valence-corrected chi connectivity index (χ2v) is 5.60. The van der Waals surface area contributed by atoms with Crippen LogP contribution in [0.2, 0.25) is 0 Å². The van der Waals surface area contributed by atoms with Gasteiger partial charge in [-0.3, -0.25) is 4.79 Å². The van der Waals surface area contributed by atoms with Gasteiger partial charge in [0.25, 0.3) is 0 Å². The Kier molecular flexibility index (Phi) is 6.99. The molecule has 5 nitrogen and oxygen atoms in total. The van der Waals surface area contributed by atoms with E-state index in [1.54, 1.807) is 6.07 Å². The highest BCUT2D eigenvalue weighted by Crippen LogP contribution is 2.33. The van der Waals surface area contributed by atoms with Gasteiger partial charge in [0.1, 0.15) is 11.6 Å². The molecular weight excluding hydrogens is 313 g/mol. The predicted octanol–water partition coefficient (Wildman–Crippen LogP) is 3.26. The molecule has 24 heavy (non-hydrogen) atoms. The van der Waals surface area contributed by atoms with E-state index in [-0.39, 0.29) is 11.9 Å². The van der Waals surface area contributed by atoms with Crippen molar-refractivity contribution in [2.45, 2.75) is 33.0 Å². The molecule has 0 spiro atoms. The molecule has 1 aromatic carbocycles. The van der Waals surface area contributed by atoms with Crippen molar-refractivity contribution in [2.24, 2.45) is 5.92 Å². The molecule has 0 radical (unpaired) electrons. The van der Waals surface area contributed by atoms with E-state index in [2.05, 4.69) is 0 Å². The van der Waals surface area contributed by atoms with Crippen molar-refractivity contribution in [1.29, 1.82) is 0 Å². The number of methoxy groups -OCH3 is 1. The van der Waals surface area contributed by atoms with Gasteiger partial charge in [-0.05, 0) is 18.9 Å². The molecule has 2 aliphatic rings. The second-order valence-electron chi connectivity index (χ2n) is 5.60. The number of carbonyl (C=O) groups excluding carboxylic acids is 1. The molecule has 0 aromatic heterocycles. The Morgan fingerprint density at radius 1 is 1.21 bits per heavy atom. The van der Waals surface area contributed by atoms with Gasteiger partial charge in [0.05, 0.1) is 31.6 Å². The maximum atomic E-state index is 14.2. The zero-order chi connectivity index (χ0) is 17.5. The standard InChI is InChI=1S/C16H20FNO4.C2H6/c1-20-15-9-14(13(17)8-12(15)10-19)18-4-2-11(3-5-18)16-21-6-7-22-16;1-2/h8-11,16H,2-7H2,1H3;1-2H3. The van der Waals surface area contributed by atoms with Crippen LogP contribution in [-0.4, -0.2) is 46.0 Å². The van der Waals surface area contributed by atoms with Gasteiger partial charge in [-0.25, -0.2) is 4.39 Å². The van der Waals surface area contributed by atoms with Gasteiger partial charge in [-0.1, -0.05) is 13.8 Å². The molecule has 3 rings (SSSR count). The maximum Gasteiger partial charge on any atom is 0.160 e. The average molecular weight is 339 g/mol. The first-order valence-electron chi connectivity index (χ1n) is 8.54. The zero-order valence-electron chi connectivity index (χ0n) is 14.6. The van der Waals surface area contributed by atoms with Crippen molar-refractivity contribution in [3.63, 3.8) is 0 Å². The molecule has 0 unspecified atom stereocenters. The number of carbonyl (C=O) groups is 1. The van der Waals surface area contributed by atoms with Gasteiger partial charge >= 0.3 is 0 Å². The quantitative estimate of drug-likeness (QED) is 0.788. The summed E-state index contributed by atoms with van der Waals surface area (Å²) in [6, 6.07) is 2.83. The van der Waals surface area contributed by atoms with Crippen molar-refractivity contribution in [3.05, 3.63) is 23.5 Å². The highest BCUT2D eigenvalue weighted by molar-refractivity contribution is 5.81. The molecule has 0 atom stereocenters. The number of hydrogen-bond acceptors (Lipinski definition) is 5. The number of piperidine rings is 1. The van der Waals surface area contributed by atoms with Gasteiger partial charge in [0, 0.05) is 25.1 Å². The fourth-order valence-electron chi connectivity index (χ4n) is 3.13. The first kappa shape index (κ1) is 18.7. The summed E-state index contributed by atoms with van der Waals surface area (Å²) >= 11 is 0. The molecule has 0 amide bonds. The summed E-state index contributed by atoms with van der Waals surface area (Å²) in [5.74, 6) is 0.364. The smallest absolute Gasteiger partial charge is 0.160 e. The number of rotatable bonds is 4. The molecule has 2 heterocycles. The lowest BCUT2D eigenvalue weighted by Crippen LogP contribution is -2.38. The highest BCUT2D eigenvalue weighted by Gasteiger charge is 2.31. The Balaban J connectivity index is 0.00000100. The van der Waals surface area contributed by atoms with Crippen molar-refractivity contribution < 1.29 is 23.4 Å². The Morgan fingerprint density at radius 2 is 1.83 bits per heavy atom. The molecule has 6 heteroatoms. The second kappa shape index (κ2) is 8.99. The Morgan fingerprint density at radius 3 is 2.38 bits per heavy atom. The van der Waals surface area contributed by atoms with Crippen LogP contribution in [0.3, 0.4) is 0 Å². The van der Waals surface area contributed by atoms with E-state index < -0.39 is 5.82 Å². The minimum Gasteiger partial charge on any atom is -0.496 e. The van der Waals surface area contributed by atoms with E-state index in [0.29, 0.717) is 36.9 Å². The number of ether oxygens (including phenoxy) is 3. The lowest BCUT2D eigenvalue weighted by atomic mass is 9.95. The van der Waals surface area contributed by atoms with Gasteiger partial charge in [0.2, 0.25) is 0 Å². The summed E-state index contributed by atoms with van der Waals surface area (Å²) in [5, 5.41) is 0. The summed E-state index contributed by atoms with van der Waals surface area (Å²) in [5.41, 5.74) is 0.709. The molecule has 2 fully saturated rings. The van der Waals surface area contributed by atoms with Crippen LogP contribution in [0.25, 0.3) is 0 Å². The first-order valence-corrected chi connectivity index (χ1v) is 8.54. The van der Waals surface area contributed by atoms with Crippen LogP contribution in [0.5, 0.6) is 5.75 Å². The number of hydrogen-bond donors (Lipinski definition) is 0. The van der Waals surface area contributed by atoms with Gasteiger partial charge in [-0.15, -0.1) is 0 Å². The molecule has 134 valence electrons. The maximum absolute atomic E-state index is 14.2. The molecule has 2 saturated heterocycles. The topological polar surface area (TPSA) is 48.0 Å². The molecule has 0 N–H and O–H groups in total. The van der Waals surface area contributed by atoms with E-state index in [0.717, 1.165) is 25.9 Å². The fraction of sp³-hybridized carbons (Fsp3) is 0.611. The van der Waals surface area contributed by atoms with E-state index in [1.165, 1.54) is 13.2 Å². The van der Waals surface area contributed by atoms with E-state index in [4.69, 9.17) is 14.2 Å². The number of halogens is 1. The zero-order valence-corrected chi connectivity index (χ0v) is 14.6. The first-order chi connectivity index (χ1) is 11.7. The molecule has 0 saturated carbocycles. The van der Waals surface area contributed by atoms with E-state index in [9.17, 15) is 9.18 Å². The minimum atomic E-state index is -0.394. The van der Waals surface area contributed by atoms with Crippen molar-refractivity contribution in [3.8, 4) is 5.75 Å². The number of anilines is 1. The number of aldehydes is 1. The van der Waals surface area contributed by atoms with E-state index in [1.807, 2.05) is 18.7 Å². The van der Waals surface area contributed by atoms with Crippen molar-refractivity contribution >= 4 is 12.0 Å². The van der Waals surface area contributed by atoms with Crippen LogP contribution in [0, 0.1) is 11.7 Å². The lowest BCUT2D eigenvalue weighted by Gasteiger charge is -2.35. The van der Waals surface area contributed by atoms with Crippen LogP contribution in [0.15, 0.2) is 12.1 Å². The molecular formula is C18H26FNO4. The van der Waals surface area contributed by atoms with Crippen LogP contribution < -0.4 is 9.64 Å². The van der Waals surface area contributed by atoms with Crippen LogP contribution in [0.1, 0.15) is 37.0 Å². The summed E-state index contributed by atoms with van der Waals surface area (Å²) < 4.78 is 30.5. The third-order valence-corrected chi connectivity index (χ3v) is 4.34. The summed E-state index contributed by atoms with van der Waals surface area (Å²) in [7, 11) is 1.48. The molecule has 0 aliphatic carbocycles. The fourth-order valence-corrected chi connectivity index (χ4v) is 3.13. The molecule has 2 aliphatic heterocycles. The lowest BCUT2D eigenvalue weighted by molar-refractivity contribution is -0.0889. The SMILES string of the molecule is CC.COc1cc(N2CCC(C3OCCO3)CC2)c(F)cc1C=O. The minimum absolute atomic E-state index is 0.112. The summed E-state index contributed by atoms with van der Waals surface area (Å²) in [6.45, 7) is 6.77. The number of benzene rings is 1. The summed E-state index contributed by atoms with van der Waals surface area (Å²) in [4.78, 5) is 12.9. The summed E-state index contributed by atoms with van der Waals surface area (Å²) in [6.07, 6.45) is 2.27. The molecule has 1 aromatic rings. The van der Waals surface area contributed by atoms with Crippen LogP contribution in [-0.2, 0) is 9.47 Å². The Labute approximate surface area is 142 Å². The van der Waals surface area contributed by atoms with Gasteiger partial charge < -0.3 is 19.1 Å². The van der Waals surface area contributed by atoms with Gasteiger partial charge in [-0.2, -0.15) is 0 Å². The van der Waals surface area contributed by atoms with Crippen LogP contribution >= 0.6 is 0 Å². The van der Waals surface area contributed by atoms with Crippen molar-refractivity contribution in [2.75, 3.05) is 38.3 Å². The van der Waals surface area contributed by atoms with Crippen LogP contribution in [0.4, 0.5) is 10.1 Å².